The average Bonchev–Trinajstić information content (AvgIpc) is 2.88. The third-order valence-corrected chi connectivity index (χ3v) is 8.26. The van der Waals surface area contributed by atoms with Crippen LogP contribution in [0.1, 0.15) is 51.4 Å². The van der Waals surface area contributed by atoms with Crippen molar-refractivity contribution in [2.75, 3.05) is 51.3 Å². The number of hydrogen-bond donors (Lipinski definition) is 2. The normalized spacial score (nSPS) is 22.3. The molecule has 0 bridgehead atoms. The molecule has 3 aliphatic rings. The summed E-state index contributed by atoms with van der Waals surface area (Å²) in [5.74, 6) is 2.35. The van der Waals surface area contributed by atoms with Crippen molar-refractivity contribution >= 4 is 16.6 Å². The molecule has 3 heterocycles. The summed E-state index contributed by atoms with van der Waals surface area (Å²) in [6, 6.07) is 5.80. The van der Waals surface area contributed by atoms with Gasteiger partial charge in [-0.2, -0.15) is 0 Å². The van der Waals surface area contributed by atoms with E-state index in [-0.39, 0.29) is 0 Å². The Morgan fingerprint density at radius 2 is 1.97 bits per heavy atom. The number of aliphatic hydroxyl groups is 2. The topological polar surface area (TPSA) is 78.3 Å². The summed E-state index contributed by atoms with van der Waals surface area (Å²) in [6.45, 7) is 4.38. The van der Waals surface area contributed by atoms with Crippen molar-refractivity contribution in [1.29, 1.82) is 0 Å². The van der Waals surface area contributed by atoms with Crippen molar-refractivity contribution in [3.8, 4) is 11.5 Å². The van der Waals surface area contributed by atoms with Gasteiger partial charge in [0, 0.05) is 25.0 Å². The summed E-state index contributed by atoms with van der Waals surface area (Å²) >= 11 is 0. The lowest BCUT2D eigenvalue weighted by molar-refractivity contribution is -0.105. The van der Waals surface area contributed by atoms with Gasteiger partial charge in [-0.15, -0.1) is 0 Å². The van der Waals surface area contributed by atoms with Gasteiger partial charge < -0.3 is 29.5 Å². The highest BCUT2D eigenvalue weighted by Crippen LogP contribution is 2.40. The molecule has 1 unspecified atom stereocenters. The Balaban J connectivity index is 1.23. The minimum Gasteiger partial charge on any atom is -0.497 e. The van der Waals surface area contributed by atoms with Crippen molar-refractivity contribution in [2.24, 2.45) is 5.92 Å². The van der Waals surface area contributed by atoms with Gasteiger partial charge in [0.15, 0.2) is 5.75 Å². The van der Waals surface area contributed by atoms with Gasteiger partial charge in [-0.1, -0.05) is 32.1 Å². The maximum absolute atomic E-state index is 11.4. The molecular formula is C27H39N3O4. The lowest BCUT2D eigenvalue weighted by atomic mass is 9.84. The molecule has 5 rings (SSSR count). The molecule has 0 radical (unpaired) electrons. The van der Waals surface area contributed by atoms with Gasteiger partial charge in [0.05, 0.1) is 36.7 Å². The summed E-state index contributed by atoms with van der Waals surface area (Å²) in [4.78, 5) is 9.14. The van der Waals surface area contributed by atoms with Crippen LogP contribution in [0.4, 0.5) is 5.69 Å². The number of β-amino-alcohol motifs (C(OH)–C–C–N with tert-alkyl or cyclic N) is 1. The Hall–Kier alpha value is -2.09. The van der Waals surface area contributed by atoms with Crippen molar-refractivity contribution < 1.29 is 19.7 Å². The first-order valence-electron chi connectivity index (χ1n) is 13.0. The van der Waals surface area contributed by atoms with Crippen LogP contribution in [0.15, 0.2) is 24.4 Å². The van der Waals surface area contributed by atoms with E-state index in [0.717, 1.165) is 47.9 Å². The molecule has 1 aromatic carbocycles. The molecule has 1 atom stereocenters. The van der Waals surface area contributed by atoms with E-state index in [1.54, 1.807) is 13.3 Å². The number of benzene rings is 1. The zero-order chi connectivity index (χ0) is 23.5. The van der Waals surface area contributed by atoms with E-state index in [0.29, 0.717) is 38.3 Å². The highest BCUT2D eigenvalue weighted by Gasteiger charge is 2.40. The summed E-state index contributed by atoms with van der Waals surface area (Å²) in [5, 5.41) is 23.5. The maximum Gasteiger partial charge on any atom is 0.161 e. The first-order valence-corrected chi connectivity index (χ1v) is 13.0. The quantitative estimate of drug-likeness (QED) is 0.641. The summed E-state index contributed by atoms with van der Waals surface area (Å²) in [7, 11) is 1.65. The van der Waals surface area contributed by atoms with E-state index in [1.165, 1.54) is 38.5 Å². The summed E-state index contributed by atoms with van der Waals surface area (Å²) in [5.41, 5.74) is 0.720. The van der Waals surface area contributed by atoms with Crippen LogP contribution < -0.4 is 14.4 Å². The largest absolute Gasteiger partial charge is 0.497 e. The first-order chi connectivity index (χ1) is 16.6. The van der Waals surface area contributed by atoms with E-state index in [1.807, 2.05) is 18.2 Å². The zero-order valence-corrected chi connectivity index (χ0v) is 20.4. The second-order valence-electron chi connectivity index (χ2n) is 10.4. The highest BCUT2D eigenvalue weighted by molar-refractivity contribution is 5.96. The van der Waals surface area contributed by atoms with Crippen LogP contribution in [0.5, 0.6) is 11.5 Å². The fourth-order valence-electron chi connectivity index (χ4n) is 5.98. The highest BCUT2D eigenvalue weighted by atomic mass is 16.5. The Morgan fingerprint density at radius 3 is 2.74 bits per heavy atom. The standard InChI is InChI=1S/C27H39N3O4/c1-33-21-7-8-23-22(17-21)26-24(18-28-23)34-16-15-30(26)19-25(31)27(32)10-13-29(14-11-27)12-9-20-5-3-2-4-6-20/h7-8,17-18,20,25,31-32H,2-6,9-16,19H2,1H3. The van der Waals surface area contributed by atoms with Crippen LogP contribution in [0.25, 0.3) is 10.9 Å². The number of methoxy groups -OCH3 is 1. The predicted molar refractivity (Wildman–Crippen MR) is 134 cm³/mol. The van der Waals surface area contributed by atoms with Gasteiger partial charge in [0.2, 0.25) is 0 Å². The van der Waals surface area contributed by atoms with Crippen LogP contribution in [0, 0.1) is 5.92 Å². The molecular weight excluding hydrogens is 430 g/mol. The van der Waals surface area contributed by atoms with Crippen LogP contribution >= 0.6 is 0 Å². The fourth-order valence-corrected chi connectivity index (χ4v) is 5.98. The van der Waals surface area contributed by atoms with E-state index in [2.05, 4.69) is 14.8 Å². The van der Waals surface area contributed by atoms with Gasteiger partial charge in [0.25, 0.3) is 0 Å². The molecule has 1 aliphatic carbocycles. The number of anilines is 1. The van der Waals surface area contributed by atoms with Crippen LogP contribution in [-0.2, 0) is 0 Å². The van der Waals surface area contributed by atoms with Crippen molar-refractivity contribution in [3.05, 3.63) is 24.4 Å². The number of piperidine rings is 1. The van der Waals surface area contributed by atoms with Crippen LogP contribution in [0.2, 0.25) is 0 Å². The van der Waals surface area contributed by atoms with Gasteiger partial charge >= 0.3 is 0 Å². The number of aromatic nitrogens is 1. The van der Waals surface area contributed by atoms with Gasteiger partial charge in [-0.05, 0) is 49.9 Å². The van der Waals surface area contributed by atoms with Gasteiger partial charge in [-0.3, -0.25) is 4.98 Å². The molecule has 1 saturated heterocycles. The number of aliphatic hydroxyl groups excluding tert-OH is 1. The zero-order valence-electron chi connectivity index (χ0n) is 20.4. The maximum atomic E-state index is 11.4. The van der Waals surface area contributed by atoms with Crippen molar-refractivity contribution in [3.63, 3.8) is 0 Å². The average molecular weight is 470 g/mol. The monoisotopic (exact) mass is 469 g/mol. The number of hydrogen-bond acceptors (Lipinski definition) is 7. The smallest absolute Gasteiger partial charge is 0.161 e. The molecule has 186 valence electrons. The predicted octanol–water partition coefficient (Wildman–Crippen LogP) is 3.60. The third kappa shape index (κ3) is 4.97. The molecule has 34 heavy (non-hydrogen) atoms. The third-order valence-electron chi connectivity index (χ3n) is 8.26. The molecule has 2 aromatic rings. The van der Waals surface area contributed by atoms with Gasteiger partial charge in [0.1, 0.15) is 18.5 Å². The SMILES string of the molecule is COc1ccc2ncc3c(c2c1)N(CC(O)C1(O)CCN(CCC2CCCCC2)CC1)CCO3. The minimum absolute atomic E-state index is 0.366. The Kier molecular flexibility index (Phi) is 7.14. The number of likely N-dealkylation sites (tertiary alicyclic amines) is 1. The van der Waals surface area contributed by atoms with E-state index < -0.39 is 11.7 Å². The summed E-state index contributed by atoms with van der Waals surface area (Å²) < 4.78 is 11.3. The lowest BCUT2D eigenvalue weighted by Gasteiger charge is -2.43. The number of pyridine rings is 1. The molecule has 2 N–H and O–H groups in total. The molecule has 0 spiro atoms. The lowest BCUT2D eigenvalue weighted by Crippen LogP contribution is -2.55. The van der Waals surface area contributed by atoms with E-state index >= 15 is 0 Å². The van der Waals surface area contributed by atoms with E-state index in [9.17, 15) is 10.2 Å². The van der Waals surface area contributed by atoms with Crippen molar-refractivity contribution in [1.82, 2.24) is 9.88 Å². The Labute approximate surface area is 202 Å². The number of fused-ring (bicyclic) bond motifs is 3. The molecule has 7 heteroatoms. The van der Waals surface area contributed by atoms with Crippen LogP contribution in [0.3, 0.4) is 0 Å². The Morgan fingerprint density at radius 1 is 1.18 bits per heavy atom. The molecule has 2 fully saturated rings. The molecule has 0 amide bonds. The molecule has 1 saturated carbocycles. The molecule has 7 nitrogen and oxygen atoms in total. The molecule has 2 aliphatic heterocycles. The molecule has 1 aromatic heterocycles. The van der Waals surface area contributed by atoms with Crippen molar-refractivity contribution in [2.45, 2.75) is 63.1 Å². The van der Waals surface area contributed by atoms with Crippen LogP contribution in [-0.4, -0.2) is 78.2 Å². The minimum atomic E-state index is -1.06. The first kappa shape index (κ1) is 23.6. The fraction of sp³-hybridized carbons (Fsp3) is 0.667. The summed E-state index contributed by atoms with van der Waals surface area (Å²) in [6.07, 6.45) is 10.4. The second-order valence-corrected chi connectivity index (χ2v) is 10.4. The van der Waals surface area contributed by atoms with Gasteiger partial charge in [-0.25, -0.2) is 0 Å². The second kappa shape index (κ2) is 10.3. The van der Waals surface area contributed by atoms with E-state index in [4.69, 9.17) is 9.47 Å². The number of ether oxygens (including phenoxy) is 2. The Bertz CT molecular complexity index is 964. The number of rotatable bonds is 7. The number of nitrogens with zero attached hydrogens (tertiary/aromatic N) is 3.